The van der Waals surface area contributed by atoms with Gasteiger partial charge in [-0.05, 0) is 49.1 Å². The van der Waals surface area contributed by atoms with Gasteiger partial charge in [-0.2, -0.15) is 18.4 Å². The Hall–Kier alpha value is -3.62. The number of nitrogens with one attached hydrogen (secondary N) is 2. The van der Waals surface area contributed by atoms with Crippen molar-refractivity contribution < 1.29 is 33.8 Å². The van der Waals surface area contributed by atoms with Crippen molar-refractivity contribution in [2.45, 2.75) is 85.0 Å². The maximum Gasteiger partial charge on any atom is 0.471 e. The number of nitriles is 1. The van der Waals surface area contributed by atoms with Gasteiger partial charge in [0.05, 0.1) is 18.5 Å². The van der Waals surface area contributed by atoms with Crippen molar-refractivity contribution in [2.75, 3.05) is 25.0 Å². The van der Waals surface area contributed by atoms with Gasteiger partial charge in [-0.15, -0.1) is 0 Å². The maximum atomic E-state index is 13.8. The van der Waals surface area contributed by atoms with Gasteiger partial charge in [0.2, 0.25) is 17.7 Å². The van der Waals surface area contributed by atoms with Gasteiger partial charge < -0.3 is 20.4 Å². The van der Waals surface area contributed by atoms with Gasteiger partial charge in [0, 0.05) is 20.2 Å². The molecule has 1 saturated carbocycles. The minimum Gasteiger partial charge on any atom is -0.339 e. The number of benzene rings is 1. The summed E-state index contributed by atoms with van der Waals surface area (Å²) >= 11 is 0. The molecule has 3 fully saturated rings. The summed E-state index contributed by atoms with van der Waals surface area (Å²) < 4.78 is 37.8. The number of alkyl halides is 3. The smallest absolute Gasteiger partial charge is 0.339 e. The second-order valence-electron chi connectivity index (χ2n) is 11.5. The molecule has 1 aliphatic carbocycles. The number of carbonyl (C=O) groups is 4. The zero-order valence-electron chi connectivity index (χ0n) is 25.6. The molecule has 2 N–H and O–H groups in total. The van der Waals surface area contributed by atoms with Crippen LogP contribution in [0.2, 0.25) is 0 Å². The number of hydrogen-bond acceptors (Lipinski definition) is 5. The van der Waals surface area contributed by atoms with Crippen molar-refractivity contribution >= 4 is 29.3 Å². The van der Waals surface area contributed by atoms with Crippen LogP contribution in [-0.2, 0) is 19.2 Å². The number of halogens is 3. The molecule has 3 aliphatic rings. The van der Waals surface area contributed by atoms with Crippen molar-refractivity contribution in [3.8, 4) is 6.07 Å². The third kappa shape index (κ3) is 9.70. The normalized spacial score (nSPS) is 24.4. The van der Waals surface area contributed by atoms with E-state index in [-0.39, 0.29) is 38.7 Å². The molecule has 0 radical (unpaired) electrons. The molecule has 4 amide bonds. The van der Waals surface area contributed by atoms with Crippen LogP contribution in [0, 0.1) is 35.0 Å². The van der Waals surface area contributed by atoms with Gasteiger partial charge in [0.1, 0.15) is 12.1 Å². The second-order valence-corrected chi connectivity index (χ2v) is 11.5. The number of para-hydroxylation sites is 1. The van der Waals surface area contributed by atoms with Crippen LogP contribution in [0.25, 0.3) is 0 Å². The summed E-state index contributed by atoms with van der Waals surface area (Å²) in [7, 11) is 0. The summed E-state index contributed by atoms with van der Waals surface area (Å²) in [6, 6.07) is 9.04. The molecule has 4 unspecified atom stereocenters. The Labute approximate surface area is 253 Å². The molecule has 5 atom stereocenters. The van der Waals surface area contributed by atoms with Gasteiger partial charge in [-0.1, -0.05) is 65.7 Å². The zero-order chi connectivity index (χ0) is 32.3. The van der Waals surface area contributed by atoms with E-state index in [1.54, 1.807) is 35.6 Å². The molecule has 0 aromatic heterocycles. The lowest BCUT2D eigenvalue weighted by Gasteiger charge is -2.33. The lowest BCUT2D eigenvalue weighted by molar-refractivity contribution is -0.174. The average Bonchev–Trinajstić information content (AvgIpc) is 3.58. The molecule has 240 valence electrons. The van der Waals surface area contributed by atoms with E-state index in [2.05, 4.69) is 32.2 Å². The number of hydrogen-bond donors (Lipinski definition) is 2. The van der Waals surface area contributed by atoms with Crippen molar-refractivity contribution in [3.63, 3.8) is 0 Å². The molecular formula is C31H46F3N5O4. The minimum absolute atomic E-state index is 0. The lowest BCUT2D eigenvalue weighted by atomic mass is 9.78. The predicted molar refractivity (Wildman–Crippen MR) is 158 cm³/mol. The van der Waals surface area contributed by atoms with Gasteiger partial charge in [-0.3, -0.25) is 19.2 Å². The SMILES string of the molecule is CC.CC(C)C.N#CC1CC(C(=O)Nc2ccccc2)CN1C(=O)[C@@H]1C2CCCCC2CN1C(=O)CNC(=O)C(F)(F)F.[HH]. The van der Waals surface area contributed by atoms with Crippen LogP contribution in [0.15, 0.2) is 30.3 Å². The highest BCUT2D eigenvalue weighted by molar-refractivity contribution is 5.95. The molecule has 2 heterocycles. The standard InChI is InChI=1S/C25H28F3N5O4.C4H10.C2H6.H2/c26-25(27,28)24(37)30-12-20(34)33-13-15-6-4-5-9-19(15)21(33)23(36)32-14-16(10-18(32)11-29)22(35)31-17-7-2-1-3-8-17;1-4(2)3;1-2;/h1-3,7-8,15-16,18-19,21H,4-6,9-10,12-14H2,(H,30,37)(H,31,35);4H,1-3H3;1-2H3;1H/t15?,16?,18?,19?,21-;;;/m0.../s1. The van der Waals surface area contributed by atoms with Crippen LogP contribution in [0.3, 0.4) is 0 Å². The number of anilines is 1. The van der Waals surface area contributed by atoms with Crippen molar-refractivity contribution in [3.05, 3.63) is 30.3 Å². The topological polar surface area (TPSA) is 123 Å². The van der Waals surface area contributed by atoms with Crippen LogP contribution in [-0.4, -0.2) is 71.3 Å². The summed E-state index contributed by atoms with van der Waals surface area (Å²) in [5.41, 5.74) is 0.587. The first kappa shape index (κ1) is 35.6. The highest BCUT2D eigenvalue weighted by Crippen LogP contribution is 2.42. The Kier molecular flexibility index (Phi) is 13.5. The van der Waals surface area contributed by atoms with Crippen LogP contribution < -0.4 is 10.6 Å². The van der Waals surface area contributed by atoms with Gasteiger partial charge >= 0.3 is 12.1 Å². The Balaban J connectivity index is 0.00000128. The summed E-state index contributed by atoms with van der Waals surface area (Å²) in [6.07, 6.45) is -1.78. The van der Waals surface area contributed by atoms with Crippen LogP contribution in [0.5, 0.6) is 0 Å². The molecule has 43 heavy (non-hydrogen) atoms. The molecular weight excluding hydrogens is 563 g/mol. The molecule has 1 aromatic rings. The molecule has 4 rings (SSSR count). The predicted octanol–water partition coefficient (Wildman–Crippen LogP) is 5.00. The zero-order valence-corrected chi connectivity index (χ0v) is 25.6. The lowest BCUT2D eigenvalue weighted by Crippen LogP contribution is -2.53. The van der Waals surface area contributed by atoms with E-state index in [4.69, 9.17) is 0 Å². The van der Waals surface area contributed by atoms with Crippen LogP contribution >= 0.6 is 0 Å². The molecule has 0 spiro atoms. The monoisotopic (exact) mass is 609 g/mol. The third-order valence-corrected chi connectivity index (χ3v) is 7.52. The Morgan fingerprint density at radius 2 is 1.63 bits per heavy atom. The first-order valence-corrected chi connectivity index (χ1v) is 15.0. The highest BCUT2D eigenvalue weighted by Gasteiger charge is 2.52. The Morgan fingerprint density at radius 3 is 2.21 bits per heavy atom. The van der Waals surface area contributed by atoms with Gasteiger partial charge in [0.25, 0.3) is 0 Å². The van der Waals surface area contributed by atoms with E-state index in [9.17, 15) is 37.6 Å². The van der Waals surface area contributed by atoms with E-state index in [0.29, 0.717) is 12.1 Å². The number of amides is 4. The number of rotatable bonds is 5. The van der Waals surface area contributed by atoms with Gasteiger partial charge in [-0.25, -0.2) is 0 Å². The third-order valence-electron chi connectivity index (χ3n) is 7.52. The molecule has 9 nitrogen and oxygen atoms in total. The van der Waals surface area contributed by atoms with Crippen molar-refractivity contribution in [1.29, 1.82) is 5.26 Å². The Bertz CT molecular complexity index is 1140. The maximum absolute atomic E-state index is 13.8. The molecule has 12 heteroatoms. The van der Waals surface area contributed by atoms with E-state index in [1.807, 2.05) is 13.8 Å². The van der Waals surface area contributed by atoms with Crippen LogP contribution in [0.4, 0.5) is 18.9 Å². The van der Waals surface area contributed by atoms with Crippen LogP contribution in [0.1, 0.15) is 68.1 Å². The van der Waals surface area contributed by atoms with E-state index >= 15 is 0 Å². The first-order chi connectivity index (χ1) is 20.3. The largest absolute Gasteiger partial charge is 0.471 e. The van der Waals surface area contributed by atoms with Crippen molar-refractivity contribution in [1.82, 2.24) is 15.1 Å². The summed E-state index contributed by atoms with van der Waals surface area (Å²) in [4.78, 5) is 53.4. The summed E-state index contributed by atoms with van der Waals surface area (Å²) in [6.45, 7) is 9.81. The molecule has 2 aliphatic heterocycles. The van der Waals surface area contributed by atoms with E-state index < -0.39 is 48.4 Å². The summed E-state index contributed by atoms with van der Waals surface area (Å²) in [5.74, 6) is -3.80. The average molecular weight is 610 g/mol. The quantitative estimate of drug-likeness (QED) is 0.487. The molecule has 1 aromatic carbocycles. The molecule has 2 saturated heterocycles. The molecule has 0 bridgehead atoms. The fourth-order valence-corrected chi connectivity index (χ4v) is 5.73. The number of fused-ring (bicyclic) bond motifs is 1. The highest BCUT2D eigenvalue weighted by atomic mass is 19.4. The number of likely N-dealkylation sites (tertiary alicyclic amines) is 2. The van der Waals surface area contributed by atoms with Crippen molar-refractivity contribution in [2.24, 2.45) is 23.7 Å². The fourth-order valence-electron chi connectivity index (χ4n) is 5.73. The van der Waals surface area contributed by atoms with Gasteiger partial charge in [0.15, 0.2) is 0 Å². The minimum atomic E-state index is -5.13. The fraction of sp³-hybridized carbons (Fsp3) is 0.645. The first-order valence-electron chi connectivity index (χ1n) is 15.0. The van der Waals surface area contributed by atoms with E-state index in [1.165, 1.54) is 9.80 Å². The second kappa shape index (κ2) is 16.3. The Morgan fingerprint density at radius 1 is 1.02 bits per heavy atom. The van der Waals surface area contributed by atoms with E-state index in [0.717, 1.165) is 25.2 Å². The number of carbonyl (C=O) groups excluding carboxylic acids is 4. The summed E-state index contributed by atoms with van der Waals surface area (Å²) in [5, 5.41) is 14.1. The number of nitrogens with zero attached hydrogens (tertiary/aromatic N) is 3.